The van der Waals surface area contributed by atoms with Gasteiger partial charge in [-0.1, -0.05) is 26.0 Å². The van der Waals surface area contributed by atoms with Crippen LogP contribution in [0.2, 0.25) is 0 Å². The molecule has 0 unspecified atom stereocenters. The molecule has 28 heavy (non-hydrogen) atoms. The van der Waals surface area contributed by atoms with Crippen LogP contribution >= 0.6 is 11.3 Å². The van der Waals surface area contributed by atoms with E-state index in [0.29, 0.717) is 29.2 Å². The van der Waals surface area contributed by atoms with Crippen molar-refractivity contribution in [2.45, 2.75) is 37.9 Å². The van der Waals surface area contributed by atoms with Gasteiger partial charge in [0.2, 0.25) is 0 Å². The second-order valence-corrected chi connectivity index (χ2v) is 9.83. The lowest BCUT2D eigenvalue weighted by atomic mass is 10.0. The number of rotatable bonds is 6. The van der Waals surface area contributed by atoms with E-state index in [2.05, 4.69) is 11.1 Å². The molecule has 0 atom stereocenters. The van der Waals surface area contributed by atoms with Crippen LogP contribution in [0, 0.1) is 24.2 Å². The van der Waals surface area contributed by atoms with E-state index in [9.17, 15) is 18.2 Å². The smallest absolute Gasteiger partial charge is 0.304 e. The molecular formula is C20H21N3O3S2. The lowest BCUT2D eigenvalue weighted by Gasteiger charge is -2.09. The van der Waals surface area contributed by atoms with Crippen LogP contribution in [0.4, 0.5) is 0 Å². The minimum absolute atomic E-state index is 0.0785. The van der Waals surface area contributed by atoms with Crippen LogP contribution < -0.4 is 0 Å². The number of imidazole rings is 1. The zero-order valence-electron chi connectivity index (χ0n) is 15.9. The molecule has 146 valence electrons. The van der Waals surface area contributed by atoms with Crippen molar-refractivity contribution in [2.75, 3.05) is 0 Å². The van der Waals surface area contributed by atoms with Crippen molar-refractivity contribution in [1.82, 2.24) is 9.55 Å². The van der Waals surface area contributed by atoms with E-state index >= 15 is 0 Å². The molecule has 0 aliphatic heterocycles. The van der Waals surface area contributed by atoms with Crippen molar-refractivity contribution in [2.24, 2.45) is 5.92 Å². The standard InChI is InChI=1S/C20H21N3O3S2/c1-13(2)8-18-10-19(20(27-18)28(24,25)26)15-4-5-16(17(9-15)11-21)12-23-7-6-22-14(23)3/h4-7,9-10,13H,8,12H2,1-3H3,(H,24,25,26). The first-order valence-electron chi connectivity index (χ1n) is 8.80. The highest BCUT2D eigenvalue weighted by atomic mass is 32.3. The minimum Gasteiger partial charge on any atom is -0.331 e. The average molecular weight is 416 g/mol. The third kappa shape index (κ3) is 4.33. The zero-order chi connectivity index (χ0) is 20.5. The largest absolute Gasteiger partial charge is 0.331 e. The summed E-state index contributed by atoms with van der Waals surface area (Å²) in [6.45, 7) is 6.49. The molecule has 0 aliphatic rings. The van der Waals surface area contributed by atoms with Crippen LogP contribution in [0.15, 0.2) is 40.9 Å². The number of aromatic nitrogens is 2. The van der Waals surface area contributed by atoms with Crippen LogP contribution in [-0.4, -0.2) is 22.5 Å². The molecule has 0 saturated heterocycles. The molecule has 0 radical (unpaired) electrons. The maximum absolute atomic E-state index is 11.9. The van der Waals surface area contributed by atoms with Crippen molar-refractivity contribution in [3.63, 3.8) is 0 Å². The molecule has 8 heteroatoms. The topological polar surface area (TPSA) is 96.0 Å². The Hall–Kier alpha value is -2.47. The van der Waals surface area contributed by atoms with Gasteiger partial charge in [0.25, 0.3) is 0 Å². The number of hydrogen-bond acceptors (Lipinski definition) is 5. The molecule has 0 aliphatic carbocycles. The SMILES string of the molecule is Cc1nccn1Cc1ccc(-c2cc(CC(C)C)sc2S(=O)(=O)O)cc1C#N. The minimum atomic E-state index is -4.35. The van der Waals surface area contributed by atoms with Gasteiger partial charge in [0.1, 0.15) is 5.82 Å². The Morgan fingerprint density at radius 2 is 2.07 bits per heavy atom. The van der Waals surface area contributed by atoms with Crippen molar-refractivity contribution in [3.8, 4) is 17.2 Å². The number of aryl methyl sites for hydroxylation is 1. The van der Waals surface area contributed by atoms with Crippen LogP contribution in [0.1, 0.15) is 35.7 Å². The first-order chi connectivity index (χ1) is 13.2. The molecule has 1 aromatic carbocycles. The van der Waals surface area contributed by atoms with E-state index in [1.807, 2.05) is 37.6 Å². The predicted molar refractivity (Wildman–Crippen MR) is 109 cm³/mol. The van der Waals surface area contributed by atoms with Gasteiger partial charge in [-0.25, -0.2) is 4.98 Å². The van der Waals surface area contributed by atoms with Gasteiger partial charge in [-0.05, 0) is 42.5 Å². The van der Waals surface area contributed by atoms with Crippen molar-refractivity contribution < 1.29 is 13.0 Å². The summed E-state index contributed by atoms with van der Waals surface area (Å²) in [5, 5.41) is 9.60. The Bertz CT molecular complexity index is 1150. The van der Waals surface area contributed by atoms with Gasteiger partial charge < -0.3 is 4.57 Å². The summed E-state index contributed by atoms with van der Waals surface area (Å²) in [4.78, 5) is 5.07. The van der Waals surface area contributed by atoms with E-state index in [4.69, 9.17) is 0 Å². The summed E-state index contributed by atoms with van der Waals surface area (Å²) < 4.78 is 35.3. The summed E-state index contributed by atoms with van der Waals surface area (Å²) in [7, 11) is -4.35. The fourth-order valence-corrected chi connectivity index (χ4v) is 5.37. The van der Waals surface area contributed by atoms with Crippen LogP contribution in [0.3, 0.4) is 0 Å². The Kier molecular flexibility index (Phi) is 5.70. The summed E-state index contributed by atoms with van der Waals surface area (Å²) >= 11 is 1.08. The van der Waals surface area contributed by atoms with E-state index < -0.39 is 10.1 Å². The quantitative estimate of drug-likeness (QED) is 0.606. The average Bonchev–Trinajstić information content (AvgIpc) is 3.21. The van der Waals surface area contributed by atoms with E-state index in [1.165, 1.54) is 0 Å². The van der Waals surface area contributed by atoms with Gasteiger partial charge in [-0.2, -0.15) is 13.7 Å². The Labute approximate surface area is 168 Å². The van der Waals surface area contributed by atoms with E-state index in [1.54, 1.807) is 24.4 Å². The van der Waals surface area contributed by atoms with Gasteiger partial charge in [0, 0.05) is 22.8 Å². The van der Waals surface area contributed by atoms with Gasteiger partial charge in [0.05, 0.1) is 18.2 Å². The van der Waals surface area contributed by atoms with Gasteiger partial charge in [0.15, 0.2) is 4.21 Å². The van der Waals surface area contributed by atoms with Gasteiger partial charge in [-0.15, -0.1) is 11.3 Å². The zero-order valence-corrected chi connectivity index (χ0v) is 17.5. The first kappa shape index (κ1) is 20.3. The van der Waals surface area contributed by atoms with Gasteiger partial charge >= 0.3 is 10.1 Å². The van der Waals surface area contributed by atoms with E-state index in [-0.39, 0.29) is 4.21 Å². The first-order valence-corrected chi connectivity index (χ1v) is 11.1. The van der Waals surface area contributed by atoms with Crippen molar-refractivity contribution in [1.29, 1.82) is 5.26 Å². The molecule has 0 fully saturated rings. The summed E-state index contributed by atoms with van der Waals surface area (Å²) in [6.07, 6.45) is 4.27. The fraction of sp³-hybridized carbons (Fsp3) is 0.300. The molecule has 0 amide bonds. The normalized spacial score (nSPS) is 11.7. The van der Waals surface area contributed by atoms with Crippen molar-refractivity contribution >= 4 is 21.5 Å². The highest BCUT2D eigenvalue weighted by Gasteiger charge is 2.22. The lowest BCUT2D eigenvalue weighted by molar-refractivity contribution is 0.486. The Morgan fingerprint density at radius 1 is 1.32 bits per heavy atom. The number of thiophene rings is 1. The van der Waals surface area contributed by atoms with Gasteiger partial charge in [-0.3, -0.25) is 4.55 Å². The Morgan fingerprint density at radius 3 is 2.64 bits per heavy atom. The molecular weight excluding hydrogens is 394 g/mol. The maximum Gasteiger partial charge on any atom is 0.304 e. The molecule has 3 rings (SSSR count). The van der Waals surface area contributed by atoms with Crippen LogP contribution in [0.5, 0.6) is 0 Å². The summed E-state index contributed by atoms with van der Waals surface area (Å²) in [6, 6.07) is 9.28. The number of hydrogen-bond donors (Lipinski definition) is 1. The lowest BCUT2D eigenvalue weighted by Crippen LogP contribution is -2.03. The Balaban J connectivity index is 2.06. The molecule has 0 spiro atoms. The fourth-order valence-electron chi connectivity index (χ4n) is 3.06. The summed E-state index contributed by atoms with van der Waals surface area (Å²) in [5.41, 5.74) is 2.31. The third-order valence-corrected chi connectivity index (χ3v) is 6.92. The third-order valence-electron chi connectivity index (χ3n) is 4.40. The van der Waals surface area contributed by atoms with E-state index in [0.717, 1.165) is 34.0 Å². The molecule has 2 aromatic heterocycles. The number of benzene rings is 1. The monoisotopic (exact) mass is 415 g/mol. The second-order valence-electron chi connectivity index (χ2n) is 7.07. The summed E-state index contributed by atoms with van der Waals surface area (Å²) in [5.74, 6) is 1.20. The number of nitriles is 1. The number of nitrogens with zero attached hydrogens (tertiary/aromatic N) is 3. The predicted octanol–water partition coefficient (Wildman–Crippen LogP) is 4.29. The second kappa shape index (κ2) is 7.87. The molecule has 1 N–H and O–H groups in total. The van der Waals surface area contributed by atoms with Crippen molar-refractivity contribution in [3.05, 3.63) is 58.5 Å². The highest BCUT2D eigenvalue weighted by molar-refractivity contribution is 7.88. The molecule has 3 aromatic rings. The highest BCUT2D eigenvalue weighted by Crippen LogP contribution is 2.37. The molecule has 2 heterocycles. The maximum atomic E-state index is 11.9. The van der Waals surface area contributed by atoms with Crippen LogP contribution in [-0.2, 0) is 23.1 Å². The molecule has 0 saturated carbocycles. The van der Waals surface area contributed by atoms with Crippen LogP contribution in [0.25, 0.3) is 11.1 Å². The molecule has 0 bridgehead atoms. The molecule has 6 nitrogen and oxygen atoms in total.